The summed E-state index contributed by atoms with van der Waals surface area (Å²) in [5.41, 5.74) is 2.78. The van der Waals surface area contributed by atoms with E-state index in [0.717, 1.165) is 27.1 Å². The largest absolute Gasteiger partial charge is 0.493 e. The van der Waals surface area contributed by atoms with Gasteiger partial charge in [-0.1, -0.05) is 41.7 Å². The van der Waals surface area contributed by atoms with Crippen LogP contribution in [0.5, 0.6) is 17.2 Å². The molecule has 4 aromatic rings. The Kier molecular flexibility index (Phi) is 6.13. The number of ether oxygens (including phenoxy) is 5. The summed E-state index contributed by atoms with van der Waals surface area (Å²) in [4.78, 5) is 7.72. The molecule has 0 radical (unpaired) electrons. The molecule has 0 saturated heterocycles. The van der Waals surface area contributed by atoms with Crippen molar-refractivity contribution >= 4 is 21.4 Å². The van der Waals surface area contributed by atoms with Crippen LogP contribution in [0.15, 0.2) is 60.7 Å². The van der Waals surface area contributed by atoms with Crippen LogP contribution in [-0.2, 0) is 16.0 Å². The van der Waals surface area contributed by atoms with Crippen LogP contribution in [0.4, 0.5) is 5.13 Å². The van der Waals surface area contributed by atoms with E-state index < -0.39 is 0 Å². The minimum atomic E-state index is 0.244. The fourth-order valence-electron chi connectivity index (χ4n) is 3.72. The highest BCUT2D eigenvalue weighted by Crippen LogP contribution is 2.41. The number of anilines is 1. The average molecular weight is 481 g/mol. The van der Waals surface area contributed by atoms with E-state index in [-0.39, 0.29) is 6.79 Å². The van der Waals surface area contributed by atoms with Gasteiger partial charge in [-0.25, -0.2) is 9.50 Å². The molecule has 1 aliphatic heterocycles. The number of benzene rings is 2. The van der Waals surface area contributed by atoms with Crippen molar-refractivity contribution in [3.8, 4) is 28.5 Å². The van der Waals surface area contributed by atoms with Crippen LogP contribution in [-0.4, -0.2) is 49.3 Å². The first kappa shape index (κ1) is 21.9. The summed E-state index contributed by atoms with van der Waals surface area (Å²) in [5, 5.41) is 5.64. The Hall–Kier alpha value is -3.92. The Morgan fingerprint density at radius 3 is 2.41 bits per heavy atom. The molecule has 0 amide bonds. The predicted octanol–water partition coefficient (Wildman–Crippen LogP) is 4.34. The van der Waals surface area contributed by atoms with Crippen molar-refractivity contribution in [2.24, 2.45) is 0 Å². The molecule has 1 aliphatic rings. The molecule has 2 aromatic heterocycles. The van der Waals surface area contributed by atoms with Crippen LogP contribution in [0.2, 0.25) is 0 Å². The van der Waals surface area contributed by atoms with Crippen molar-refractivity contribution in [1.82, 2.24) is 14.6 Å². The first-order chi connectivity index (χ1) is 16.7. The van der Waals surface area contributed by atoms with Crippen LogP contribution in [0.25, 0.3) is 16.2 Å². The first-order valence-electron chi connectivity index (χ1n) is 10.6. The van der Waals surface area contributed by atoms with Crippen LogP contribution < -0.4 is 19.1 Å². The van der Waals surface area contributed by atoms with E-state index in [4.69, 9.17) is 33.8 Å². The number of aromatic nitrogens is 3. The summed E-state index contributed by atoms with van der Waals surface area (Å²) in [6.45, 7) is 1.47. The molecule has 0 N–H and O–H groups in total. The zero-order chi connectivity index (χ0) is 23.5. The maximum absolute atomic E-state index is 5.56. The van der Waals surface area contributed by atoms with E-state index in [1.165, 1.54) is 16.9 Å². The van der Waals surface area contributed by atoms with E-state index in [1.807, 2.05) is 36.5 Å². The molecule has 34 heavy (non-hydrogen) atoms. The first-order valence-corrected chi connectivity index (χ1v) is 11.4. The normalized spacial score (nSPS) is 12.7. The maximum Gasteiger partial charge on any atom is 0.229 e. The summed E-state index contributed by atoms with van der Waals surface area (Å²) < 4.78 is 29.0. The summed E-state index contributed by atoms with van der Waals surface area (Å²) in [5.74, 6) is 2.45. The van der Waals surface area contributed by atoms with Gasteiger partial charge in [-0.2, -0.15) is 0 Å². The van der Waals surface area contributed by atoms with Gasteiger partial charge in [0.15, 0.2) is 17.3 Å². The molecule has 176 valence electrons. The molecule has 3 heterocycles. The third kappa shape index (κ3) is 4.32. The quantitative estimate of drug-likeness (QED) is 0.350. The molecule has 0 fully saturated rings. The topological polar surface area (TPSA) is 79.6 Å². The monoisotopic (exact) mass is 480 g/mol. The van der Waals surface area contributed by atoms with Gasteiger partial charge in [-0.15, -0.1) is 5.10 Å². The van der Waals surface area contributed by atoms with Crippen molar-refractivity contribution in [1.29, 1.82) is 0 Å². The van der Waals surface area contributed by atoms with Gasteiger partial charge in [0, 0.05) is 12.1 Å². The minimum Gasteiger partial charge on any atom is -0.493 e. The zero-order valence-electron chi connectivity index (χ0n) is 19.1. The lowest BCUT2D eigenvalue weighted by Gasteiger charge is -2.21. The van der Waals surface area contributed by atoms with Crippen molar-refractivity contribution < 1.29 is 23.7 Å². The lowest BCUT2D eigenvalue weighted by atomic mass is 10.1. The number of rotatable bonds is 9. The van der Waals surface area contributed by atoms with Crippen LogP contribution >= 0.6 is 11.3 Å². The van der Waals surface area contributed by atoms with E-state index in [9.17, 15) is 0 Å². The van der Waals surface area contributed by atoms with Gasteiger partial charge in [0.25, 0.3) is 0 Å². The second-order valence-electron chi connectivity index (χ2n) is 7.51. The van der Waals surface area contributed by atoms with Gasteiger partial charge >= 0.3 is 0 Å². The van der Waals surface area contributed by atoms with Crippen LogP contribution in [0.3, 0.4) is 0 Å². The van der Waals surface area contributed by atoms with Crippen molar-refractivity contribution in [3.63, 3.8) is 0 Å². The van der Waals surface area contributed by atoms with Crippen LogP contribution in [0, 0.1) is 0 Å². The molecular formula is C24H24N4O5S. The van der Waals surface area contributed by atoms with E-state index >= 15 is 0 Å². The number of fused-ring (bicyclic) bond motifs is 1. The maximum atomic E-state index is 5.56. The fraction of sp³-hybridized carbons (Fsp3) is 0.250. The molecule has 10 heteroatoms. The van der Waals surface area contributed by atoms with Gasteiger partial charge in [0.2, 0.25) is 22.6 Å². The SMILES string of the molecule is COc1cc(-c2cn3nc(N(CC4=COCO4)Cc4ccccc4)sc3n2)cc(OC)c1OC. The molecule has 0 atom stereocenters. The molecule has 0 saturated carbocycles. The predicted molar refractivity (Wildman–Crippen MR) is 129 cm³/mol. The standard InChI is InChI=1S/C24H24N4O5S/c1-29-20-9-17(10-21(30-2)22(20)31-3)19-13-28-23(25-19)34-24(26-28)27(12-18-14-32-15-33-18)11-16-7-5-4-6-8-16/h4-10,13-14H,11-12,15H2,1-3H3. The number of imidazole rings is 1. The smallest absolute Gasteiger partial charge is 0.229 e. The van der Waals surface area contributed by atoms with Crippen LogP contribution in [0.1, 0.15) is 5.56 Å². The lowest BCUT2D eigenvalue weighted by Crippen LogP contribution is -2.25. The molecule has 9 nitrogen and oxygen atoms in total. The highest BCUT2D eigenvalue weighted by Gasteiger charge is 2.21. The second-order valence-corrected chi connectivity index (χ2v) is 8.44. The molecule has 0 spiro atoms. The summed E-state index contributed by atoms with van der Waals surface area (Å²) in [7, 11) is 4.77. The Bertz CT molecular complexity index is 1260. The minimum absolute atomic E-state index is 0.244. The summed E-state index contributed by atoms with van der Waals surface area (Å²) >= 11 is 1.51. The van der Waals surface area contributed by atoms with Crippen molar-refractivity contribution in [2.45, 2.75) is 6.54 Å². The number of methoxy groups -OCH3 is 3. The van der Waals surface area contributed by atoms with Gasteiger partial charge in [-0.3, -0.25) is 0 Å². The Morgan fingerprint density at radius 2 is 1.79 bits per heavy atom. The van der Waals surface area contributed by atoms with Gasteiger partial charge in [0.05, 0.1) is 39.8 Å². The molecule has 0 unspecified atom stereocenters. The van der Waals surface area contributed by atoms with Crippen molar-refractivity contribution in [2.75, 3.05) is 39.6 Å². The van der Waals surface area contributed by atoms with Gasteiger partial charge in [-0.05, 0) is 17.7 Å². The number of nitrogens with zero attached hydrogens (tertiary/aromatic N) is 4. The van der Waals surface area contributed by atoms with E-state index in [2.05, 4.69) is 17.0 Å². The van der Waals surface area contributed by atoms with Gasteiger partial charge in [0.1, 0.15) is 6.26 Å². The fourth-order valence-corrected chi connectivity index (χ4v) is 4.60. The molecule has 2 aromatic carbocycles. The highest BCUT2D eigenvalue weighted by molar-refractivity contribution is 7.20. The molecular weight excluding hydrogens is 456 g/mol. The van der Waals surface area contributed by atoms with E-state index in [0.29, 0.717) is 30.3 Å². The Balaban J connectivity index is 1.47. The van der Waals surface area contributed by atoms with Crippen molar-refractivity contribution in [3.05, 3.63) is 66.2 Å². The molecule has 5 rings (SSSR count). The second kappa shape index (κ2) is 9.52. The zero-order valence-corrected chi connectivity index (χ0v) is 19.9. The van der Waals surface area contributed by atoms with E-state index in [1.54, 1.807) is 32.1 Å². The number of hydrogen-bond donors (Lipinski definition) is 0. The Morgan fingerprint density at radius 1 is 1.03 bits per heavy atom. The molecule has 0 aliphatic carbocycles. The average Bonchev–Trinajstić information content (AvgIpc) is 3.60. The lowest BCUT2D eigenvalue weighted by molar-refractivity contribution is 0.0797. The third-order valence-corrected chi connectivity index (χ3v) is 6.34. The summed E-state index contributed by atoms with van der Waals surface area (Å²) in [6.07, 6.45) is 3.55. The third-order valence-electron chi connectivity index (χ3n) is 5.35. The van der Waals surface area contributed by atoms with Gasteiger partial charge < -0.3 is 28.6 Å². The summed E-state index contributed by atoms with van der Waals surface area (Å²) in [6, 6.07) is 14.0. The highest BCUT2D eigenvalue weighted by atomic mass is 32.1. The Labute approximate surface area is 200 Å². The number of hydrogen-bond acceptors (Lipinski definition) is 9. The molecule has 0 bridgehead atoms.